The molecule has 0 bridgehead atoms. The average Bonchev–Trinajstić information content (AvgIpc) is 2.92. The molecule has 0 spiro atoms. The lowest BCUT2D eigenvalue weighted by Crippen LogP contribution is -2.46. The molecule has 0 N–H and O–H groups in total. The van der Waals surface area contributed by atoms with E-state index in [1.165, 1.54) is 11.3 Å². The van der Waals surface area contributed by atoms with Gasteiger partial charge < -0.3 is 14.4 Å². The van der Waals surface area contributed by atoms with Crippen LogP contribution in [0.3, 0.4) is 0 Å². The summed E-state index contributed by atoms with van der Waals surface area (Å²) >= 11 is 7.53. The number of hydrogen-bond donors (Lipinski definition) is 0. The Morgan fingerprint density at radius 3 is 2.70 bits per heavy atom. The molecule has 3 rings (SSSR count). The van der Waals surface area contributed by atoms with Crippen molar-refractivity contribution < 1.29 is 19.1 Å². The highest BCUT2D eigenvalue weighted by atomic mass is 35.5. The van der Waals surface area contributed by atoms with E-state index in [2.05, 4.69) is 0 Å². The first kappa shape index (κ1) is 16.2. The molecule has 1 fully saturated rings. The lowest BCUT2D eigenvalue weighted by atomic mass is 10.2. The molecule has 0 radical (unpaired) electrons. The maximum absolute atomic E-state index is 12.3. The molecule has 7 heteroatoms. The molecule has 1 atom stereocenters. The molecule has 0 unspecified atom stereocenters. The lowest BCUT2D eigenvalue weighted by molar-refractivity contribution is -0.143. The fourth-order valence-electron chi connectivity index (χ4n) is 2.45. The lowest BCUT2D eigenvalue weighted by Gasteiger charge is -2.28. The zero-order valence-electron chi connectivity index (χ0n) is 12.6. The van der Waals surface area contributed by atoms with E-state index in [1.54, 1.807) is 11.8 Å². The number of ether oxygens (including phenoxy) is 2. The van der Waals surface area contributed by atoms with Crippen LogP contribution in [0, 0.1) is 0 Å². The second-order valence-electron chi connectivity index (χ2n) is 5.23. The standard InChI is InChI=1S/C16H16ClNO4S/c1-10(15(19)18-6-8-21-9-7-18)22-16(20)14-13(17)11-4-2-3-5-12(11)23-14/h2-5,10H,6-9H2,1H3/t10-/m1/s1. The van der Waals surface area contributed by atoms with E-state index < -0.39 is 12.1 Å². The fourth-order valence-corrected chi connectivity index (χ4v) is 3.84. The van der Waals surface area contributed by atoms with Gasteiger partial charge >= 0.3 is 5.97 Å². The number of benzene rings is 1. The summed E-state index contributed by atoms with van der Waals surface area (Å²) in [5.41, 5.74) is 0. The highest BCUT2D eigenvalue weighted by Gasteiger charge is 2.27. The third-order valence-electron chi connectivity index (χ3n) is 3.67. The zero-order valence-corrected chi connectivity index (χ0v) is 14.2. The minimum atomic E-state index is -0.845. The normalized spacial score (nSPS) is 16.3. The highest BCUT2D eigenvalue weighted by Crippen LogP contribution is 2.35. The first-order valence-electron chi connectivity index (χ1n) is 7.32. The van der Waals surface area contributed by atoms with Gasteiger partial charge in [0.25, 0.3) is 5.91 Å². The number of rotatable bonds is 3. The first-order chi connectivity index (χ1) is 11.1. The van der Waals surface area contributed by atoms with Crippen LogP contribution >= 0.6 is 22.9 Å². The number of carbonyl (C=O) groups is 2. The van der Waals surface area contributed by atoms with Crippen LogP contribution in [0.25, 0.3) is 10.1 Å². The number of morpholine rings is 1. The van der Waals surface area contributed by atoms with Gasteiger partial charge in [0.15, 0.2) is 6.10 Å². The number of esters is 1. The van der Waals surface area contributed by atoms with Crippen molar-refractivity contribution in [3.8, 4) is 0 Å². The van der Waals surface area contributed by atoms with E-state index in [0.717, 1.165) is 10.1 Å². The molecule has 1 aromatic carbocycles. The second kappa shape index (κ2) is 6.86. The first-order valence-corrected chi connectivity index (χ1v) is 8.52. The van der Waals surface area contributed by atoms with E-state index in [9.17, 15) is 9.59 Å². The fraction of sp³-hybridized carbons (Fsp3) is 0.375. The average molecular weight is 354 g/mol. The molecule has 122 valence electrons. The van der Waals surface area contributed by atoms with E-state index >= 15 is 0 Å². The zero-order chi connectivity index (χ0) is 16.4. The van der Waals surface area contributed by atoms with Crippen molar-refractivity contribution in [1.82, 2.24) is 4.90 Å². The maximum atomic E-state index is 12.3. The molecule has 2 heterocycles. The largest absolute Gasteiger partial charge is 0.448 e. The summed E-state index contributed by atoms with van der Waals surface area (Å²) in [6, 6.07) is 7.49. The molecule has 0 saturated carbocycles. The van der Waals surface area contributed by atoms with Crippen LogP contribution < -0.4 is 0 Å². The number of fused-ring (bicyclic) bond motifs is 1. The van der Waals surface area contributed by atoms with Gasteiger partial charge in [-0.2, -0.15) is 0 Å². The minimum Gasteiger partial charge on any atom is -0.448 e. The quantitative estimate of drug-likeness (QED) is 0.796. The van der Waals surface area contributed by atoms with Gasteiger partial charge in [0.05, 0.1) is 18.2 Å². The Morgan fingerprint density at radius 2 is 2.00 bits per heavy atom. The van der Waals surface area contributed by atoms with Gasteiger partial charge in [-0.05, 0) is 13.0 Å². The summed E-state index contributed by atoms with van der Waals surface area (Å²) in [6.45, 7) is 3.63. The van der Waals surface area contributed by atoms with Crippen molar-refractivity contribution in [2.45, 2.75) is 13.0 Å². The molecule has 1 saturated heterocycles. The topological polar surface area (TPSA) is 55.8 Å². The van der Waals surface area contributed by atoms with E-state index in [-0.39, 0.29) is 5.91 Å². The molecule has 1 aliphatic rings. The van der Waals surface area contributed by atoms with Crippen LogP contribution in [0.5, 0.6) is 0 Å². The van der Waals surface area contributed by atoms with Gasteiger partial charge in [-0.25, -0.2) is 4.79 Å². The number of nitrogens with zero attached hydrogens (tertiary/aromatic N) is 1. The second-order valence-corrected chi connectivity index (χ2v) is 6.66. The van der Waals surface area contributed by atoms with Gasteiger partial charge in [0, 0.05) is 23.2 Å². The van der Waals surface area contributed by atoms with Crippen molar-refractivity contribution in [3.05, 3.63) is 34.2 Å². The van der Waals surface area contributed by atoms with Crippen molar-refractivity contribution in [2.75, 3.05) is 26.3 Å². The molecule has 23 heavy (non-hydrogen) atoms. The number of hydrogen-bond acceptors (Lipinski definition) is 5. The molecule has 1 aromatic heterocycles. The number of thiophene rings is 1. The molecule has 1 aliphatic heterocycles. The predicted molar refractivity (Wildman–Crippen MR) is 89.1 cm³/mol. The van der Waals surface area contributed by atoms with E-state index in [0.29, 0.717) is 36.2 Å². The predicted octanol–water partition coefficient (Wildman–Crippen LogP) is 2.96. The van der Waals surface area contributed by atoms with E-state index in [4.69, 9.17) is 21.1 Å². The summed E-state index contributed by atoms with van der Waals surface area (Å²) in [5.74, 6) is -0.774. The van der Waals surface area contributed by atoms with Crippen molar-refractivity contribution in [1.29, 1.82) is 0 Å². The Bertz CT molecular complexity index is 739. The van der Waals surface area contributed by atoms with Gasteiger partial charge in [-0.15, -0.1) is 11.3 Å². The van der Waals surface area contributed by atoms with Crippen molar-refractivity contribution in [3.63, 3.8) is 0 Å². The smallest absolute Gasteiger partial charge is 0.350 e. The molecule has 1 amide bonds. The Morgan fingerprint density at radius 1 is 1.30 bits per heavy atom. The van der Waals surface area contributed by atoms with Gasteiger partial charge in [0.2, 0.25) is 0 Å². The van der Waals surface area contributed by atoms with Gasteiger partial charge in [0.1, 0.15) is 4.88 Å². The minimum absolute atomic E-state index is 0.209. The van der Waals surface area contributed by atoms with E-state index in [1.807, 2.05) is 24.3 Å². The van der Waals surface area contributed by atoms with Crippen LogP contribution in [0.2, 0.25) is 5.02 Å². The number of amides is 1. The molecule has 2 aromatic rings. The molecular formula is C16H16ClNO4S. The Balaban J connectivity index is 1.72. The monoisotopic (exact) mass is 353 g/mol. The van der Waals surface area contributed by atoms with Crippen LogP contribution in [0.15, 0.2) is 24.3 Å². The molecule has 5 nitrogen and oxygen atoms in total. The maximum Gasteiger partial charge on any atom is 0.350 e. The van der Waals surface area contributed by atoms with Crippen molar-refractivity contribution >= 4 is 44.9 Å². The van der Waals surface area contributed by atoms with Gasteiger partial charge in [-0.1, -0.05) is 29.8 Å². The third-order valence-corrected chi connectivity index (χ3v) is 5.33. The SMILES string of the molecule is C[C@@H](OC(=O)c1sc2ccccc2c1Cl)C(=O)N1CCOCC1. The summed E-state index contributed by atoms with van der Waals surface area (Å²) in [5, 5.41) is 1.19. The third kappa shape index (κ3) is 3.34. The Kier molecular flexibility index (Phi) is 4.84. The summed E-state index contributed by atoms with van der Waals surface area (Å²) in [7, 11) is 0. The molecular weight excluding hydrogens is 338 g/mol. The van der Waals surface area contributed by atoms with Crippen LogP contribution in [-0.2, 0) is 14.3 Å². The van der Waals surface area contributed by atoms with Gasteiger partial charge in [-0.3, -0.25) is 4.79 Å². The van der Waals surface area contributed by atoms with Crippen LogP contribution in [-0.4, -0.2) is 49.2 Å². The Hall–Kier alpha value is -1.63. The number of halogens is 1. The number of carbonyl (C=O) groups excluding carboxylic acids is 2. The van der Waals surface area contributed by atoms with Crippen LogP contribution in [0.4, 0.5) is 0 Å². The summed E-state index contributed by atoms with van der Waals surface area (Å²) < 4.78 is 11.4. The van der Waals surface area contributed by atoms with Crippen LogP contribution in [0.1, 0.15) is 16.6 Å². The summed E-state index contributed by atoms with van der Waals surface area (Å²) in [4.78, 5) is 26.6. The molecule has 0 aliphatic carbocycles. The van der Waals surface area contributed by atoms with Crippen molar-refractivity contribution in [2.24, 2.45) is 0 Å². The Labute approximate surface area is 142 Å². The summed E-state index contributed by atoms with van der Waals surface area (Å²) in [6.07, 6.45) is -0.845. The highest BCUT2D eigenvalue weighted by molar-refractivity contribution is 7.21.